The predicted octanol–water partition coefficient (Wildman–Crippen LogP) is 1.09. The van der Waals surface area contributed by atoms with Crippen molar-refractivity contribution in [1.82, 2.24) is 4.98 Å². The Kier molecular flexibility index (Phi) is 2.80. The number of rotatable bonds is 2. The van der Waals surface area contributed by atoms with Crippen molar-refractivity contribution in [3.05, 3.63) is 23.4 Å². The van der Waals surface area contributed by atoms with Gasteiger partial charge in [0.05, 0.1) is 6.26 Å². The minimum Gasteiger partial charge on any atom is -0.257 e. The van der Waals surface area contributed by atoms with Gasteiger partial charge in [0.15, 0.2) is 0 Å². The fourth-order valence-corrected chi connectivity index (χ4v) is 1.58. The lowest BCUT2D eigenvalue weighted by Gasteiger charge is -2.16. The van der Waals surface area contributed by atoms with Gasteiger partial charge in [0.2, 0.25) is 10.0 Å². The van der Waals surface area contributed by atoms with E-state index in [1.54, 1.807) is 6.07 Å². The molecule has 0 fully saturated rings. The fourth-order valence-electron chi connectivity index (χ4n) is 1.15. The van der Waals surface area contributed by atoms with E-state index in [9.17, 15) is 8.42 Å². The molecule has 0 aliphatic carbocycles. The molecule has 0 amide bonds. The summed E-state index contributed by atoms with van der Waals surface area (Å²) in [5.41, 5.74) is 1.82. The highest BCUT2D eigenvalue weighted by Crippen LogP contribution is 2.15. The minimum absolute atomic E-state index is 0.463. The first-order valence-corrected chi connectivity index (χ1v) is 6.05. The Morgan fingerprint density at radius 1 is 1.29 bits per heavy atom. The number of aryl methyl sites for hydroxylation is 2. The second kappa shape index (κ2) is 3.57. The van der Waals surface area contributed by atoms with E-state index >= 15 is 0 Å². The Bertz CT molecular complexity index is 420. The second-order valence-electron chi connectivity index (χ2n) is 3.37. The molecule has 0 N–H and O–H groups in total. The van der Waals surface area contributed by atoms with E-state index in [0.717, 1.165) is 17.5 Å². The van der Waals surface area contributed by atoms with Crippen LogP contribution in [0.5, 0.6) is 0 Å². The number of nitrogens with zero attached hydrogens (tertiary/aromatic N) is 2. The normalized spacial score (nSPS) is 11.4. The monoisotopic (exact) mass is 214 g/mol. The first-order valence-electron chi connectivity index (χ1n) is 4.20. The smallest absolute Gasteiger partial charge is 0.233 e. The number of anilines is 1. The molecule has 0 spiro atoms. The fraction of sp³-hybridized carbons (Fsp3) is 0.444. The van der Waals surface area contributed by atoms with Crippen LogP contribution in [0.3, 0.4) is 0 Å². The molecule has 0 saturated carbocycles. The van der Waals surface area contributed by atoms with Crippen LogP contribution in [0.1, 0.15) is 11.3 Å². The highest BCUT2D eigenvalue weighted by atomic mass is 32.2. The van der Waals surface area contributed by atoms with Crippen LogP contribution >= 0.6 is 0 Å². The molecule has 5 heteroatoms. The molecule has 1 heterocycles. The van der Waals surface area contributed by atoms with Gasteiger partial charge in [0, 0.05) is 12.7 Å². The average Bonchev–Trinajstić information content (AvgIpc) is 1.99. The van der Waals surface area contributed by atoms with Crippen LogP contribution < -0.4 is 4.31 Å². The Hall–Kier alpha value is -1.10. The van der Waals surface area contributed by atoms with E-state index in [1.165, 1.54) is 11.4 Å². The lowest BCUT2D eigenvalue weighted by atomic mass is 10.2. The minimum atomic E-state index is -3.22. The van der Waals surface area contributed by atoms with Gasteiger partial charge in [0.1, 0.15) is 5.82 Å². The van der Waals surface area contributed by atoms with Gasteiger partial charge >= 0.3 is 0 Å². The number of pyridine rings is 1. The third-order valence-electron chi connectivity index (χ3n) is 1.90. The molecule has 0 bridgehead atoms. The van der Waals surface area contributed by atoms with Gasteiger partial charge < -0.3 is 0 Å². The Morgan fingerprint density at radius 2 is 1.86 bits per heavy atom. The Morgan fingerprint density at radius 3 is 2.29 bits per heavy atom. The van der Waals surface area contributed by atoms with E-state index in [2.05, 4.69) is 4.98 Å². The maximum Gasteiger partial charge on any atom is 0.233 e. The molecule has 4 nitrogen and oxygen atoms in total. The summed E-state index contributed by atoms with van der Waals surface area (Å²) in [5.74, 6) is 0.463. The van der Waals surface area contributed by atoms with Crippen LogP contribution in [0.2, 0.25) is 0 Å². The molecule has 1 rings (SSSR count). The molecule has 0 atom stereocenters. The predicted molar refractivity (Wildman–Crippen MR) is 57.0 cm³/mol. The van der Waals surface area contributed by atoms with Crippen LogP contribution in [0.15, 0.2) is 12.1 Å². The quantitative estimate of drug-likeness (QED) is 0.740. The summed E-state index contributed by atoms with van der Waals surface area (Å²) in [5, 5.41) is 0. The zero-order chi connectivity index (χ0) is 10.9. The number of sulfonamides is 1. The molecule has 14 heavy (non-hydrogen) atoms. The van der Waals surface area contributed by atoms with Gasteiger partial charge in [-0.25, -0.2) is 13.4 Å². The van der Waals surface area contributed by atoms with Crippen LogP contribution in [0.4, 0.5) is 5.82 Å². The van der Waals surface area contributed by atoms with Crippen molar-refractivity contribution < 1.29 is 8.42 Å². The Balaban J connectivity index is 3.20. The number of aromatic nitrogens is 1. The van der Waals surface area contributed by atoms with Gasteiger partial charge in [0.25, 0.3) is 0 Å². The summed E-state index contributed by atoms with van der Waals surface area (Å²) in [7, 11) is -1.72. The van der Waals surface area contributed by atoms with Gasteiger partial charge in [-0.1, -0.05) is 0 Å². The first-order chi connectivity index (χ1) is 6.30. The topological polar surface area (TPSA) is 50.3 Å². The summed E-state index contributed by atoms with van der Waals surface area (Å²) in [6, 6.07) is 3.65. The third kappa shape index (κ3) is 2.45. The van der Waals surface area contributed by atoms with Crippen molar-refractivity contribution in [1.29, 1.82) is 0 Å². The molecule has 0 aromatic carbocycles. The molecular weight excluding hydrogens is 200 g/mol. The largest absolute Gasteiger partial charge is 0.257 e. The van der Waals surface area contributed by atoms with Gasteiger partial charge in [-0.2, -0.15) is 0 Å². The highest BCUT2D eigenvalue weighted by Gasteiger charge is 2.13. The Labute approximate surface area is 84.6 Å². The van der Waals surface area contributed by atoms with Crippen molar-refractivity contribution in [2.24, 2.45) is 0 Å². The van der Waals surface area contributed by atoms with Crippen molar-refractivity contribution in [2.75, 3.05) is 17.6 Å². The lowest BCUT2D eigenvalue weighted by Crippen LogP contribution is -2.25. The summed E-state index contributed by atoms with van der Waals surface area (Å²) in [6.07, 6.45) is 1.16. The van der Waals surface area contributed by atoms with Crippen molar-refractivity contribution in [3.8, 4) is 0 Å². The van der Waals surface area contributed by atoms with Gasteiger partial charge in [-0.3, -0.25) is 4.31 Å². The average molecular weight is 214 g/mol. The molecule has 78 valence electrons. The summed E-state index contributed by atoms with van der Waals surface area (Å²) >= 11 is 0. The maximum atomic E-state index is 11.2. The third-order valence-corrected chi connectivity index (χ3v) is 3.09. The summed E-state index contributed by atoms with van der Waals surface area (Å²) in [4.78, 5) is 4.15. The van der Waals surface area contributed by atoms with Crippen LogP contribution in [0, 0.1) is 13.8 Å². The molecule has 1 aromatic rings. The lowest BCUT2D eigenvalue weighted by molar-refractivity contribution is 0.600. The molecular formula is C9H14N2O2S. The van der Waals surface area contributed by atoms with E-state index in [-0.39, 0.29) is 0 Å². The van der Waals surface area contributed by atoms with E-state index < -0.39 is 10.0 Å². The van der Waals surface area contributed by atoms with Crippen LogP contribution in [-0.2, 0) is 10.0 Å². The zero-order valence-corrected chi connectivity index (χ0v) is 9.59. The highest BCUT2D eigenvalue weighted by molar-refractivity contribution is 7.92. The summed E-state index contributed by atoms with van der Waals surface area (Å²) < 4.78 is 23.7. The second-order valence-corrected chi connectivity index (χ2v) is 5.39. The van der Waals surface area contributed by atoms with Crippen molar-refractivity contribution in [2.45, 2.75) is 13.8 Å². The van der Waals surface area contributed by atoms with E-state index in [1.807, 2.05) is 19.9 Å². The van der Waals surface area contributed by atoms with Crippen molar-refractivity contribution in [3.63, 3.8) is 0 Å². The maximum absolute atomic E-state index is 11.2. The molecule has 0 saturated heterocycles. The molecule has 1 aromatic heterocycles. The van der Waals surface area contributed by atoms with Gasteiger partial charge in [-0.15, -0.1) is 0 Å². The van der Waals surface area contributed by atoms with E-state index in [4.69, 9.17) is 0 Å². The molecule has 0 aliphatic rings. The molecule has 0 unspecified atom stereocenters. The molecule has 0 aliphatic heterocycles. The standard InChI is InChI=1S/C9H14N2O2S/c1-7-5-8(2)10-9(6-7)11(3)14(4,12)13/h5-6H,1-4H3. The number of hydrogen-bond donors (Lipinski definition) is 0. The zero-order valence-electron chi connectivity index (χ0n) is 8.77. The number of hydrogen-bond acceptors (Lipinski definition) is 3. The molecule has 0 radical (unpaired) electrons. The van der Waals surface area contributed by atoms with Crippen LogP contribution in [-0.4, -0.2) is 26.7 Å². The first kappa shape index (κ1) is 11.0. The summed E-state index contributed by atoms with van der Waals surface area (Å²) in [6.45, 7) is 3.75. The SMILES string of the molecule is Cc1cc(C)nc(N(C)S(C)(=O)=O)c1. The van der Waals surface area contributed by atoms with Gasteiger partial charge in [-0.05, 0) is 31.5 Å². The van der Waals surface area contributed by atoms with Crippen molar-refractivity contribution >= 4 is 15.8 Å². The van der Waals surface area contributed by atoms with E-state index in [0.29, 0.717) is 5.82 Å². The van der Waals surface area contributed by atoms with Crippen LogP contribution in [0.25, 0.3) is 0 Å².